The van der Waals surface area contributed by atoms with E-state index in [9.17, 15) is 9.90 Å². The molecule has 3 aromatic carbocycles. The summed E-state index contributed by atoms with van der Waals surface area (Å²) in [5.41, 5.74) is 8.15. The molecule has 9 heteroatoms. The van der Waals surface area contributed by atoms with Gasteiger partial charge in [-0.1, -0.05) is 23.7 Å². The van der Waals surface area contributed by atoms with Crippen molar-refractivity contribution in [3.8, 4) is 33.0 Å². The summed E-state index contributed by atoms with van der Waals surface area (Å²) in [4.78, 5) is 22.4. The highest BCUT2D eigenvalue weighted by Gasteiger charge is 2.32. The lowest BCUT2D eigenvalue weighted by atomic mass is 9.91. The third kappa shape index (κ3) is 5.54. The van der Waals surface area contributed by atoms with E-state index in [-0.39, 0.29) is 0 Å². The largest absolute Gasteiger partial charge is 0.479 e. The highest BCUT2D eigenvalue weighted by Crippen LogP contribution is 2.44. The summed E-state index contributed by atoms with van der Waals surface area (Å²) in [6.07, 6.45) is 2.50. The minimum Gasteiger partial charge on any atom is -0.479 e. The van der Waals surface area contributed by atoms with Crippen LogP contribution >= 0.6 is 22.9 Å². The number of hydrogen-bond acceptors (Lipinski definition) is 6. The maximum atomic E-state index is 12.6. The molecule has 218 valence electrons. The van der Waals surface area contributed by atoms with E-state index in [0.29, 0.717) is 10.6 Å². The summed E-state index contributed by atoms with van der Waals surface area (Å²) in [5, 5.41) is 17.2. The molecule has 3 heterocycles. The average molecular weight is 611 g/mol. The highest BCUT2D eigenvalue weighted by atomic mass is 35.5. The monoisotopic (exact) mass is 610 g/mol. The lowest BCUT2D eigenvalue weighted by Gasteiger charge is -2.28. The topological polar surface area (TPSA) is 90.1 Å². The van der Waals surface area contributed by atoms with Gasteiger partial charge in [-0.2, -0.15) is 5.10 Å². The second-order valence-corrected chi connectivity index (χ2v) is 13.2. The van der Waals surface area contributed by atoms with Crippen molar-refractivity contribution in [3.05, 3.63) is 88.7 Å². The summed E-state index contributed by atoms with van der Waals surface area (Å²) >= 11 is 7.77. The lowest BCUT2D eigenvalue weighted by molar-refractivity contribution is -0.160. The van der Waals surface area contributed by atoms with Gasteiger partial charge in [-0.05, 0) is 93.8 Å². The molecule has 0 aliphatic heterocycles. The average Bonchev–Trinajstić information content (AvgIpc) is 3.54. The first-order valence-electron chi connectivity index (χ1n) is 13.9. The number of carboxylic acids is 1. The van der Waals surface area contributed by atoms with E-state index in [2.05, 4.69) is 30.2 Å². The van der Waals surface area contributed by atoms with E-state index in [1.165, 1.54) is 11.3 Å². The van der Waals surface area contributed by atoms with Crippen molar-refractivity contribution >= 4 is 50.0 Å². The second kappa shape index (κ2) is 10.9. The van der Waals surface area contributed by atoms with Gasteiger partial charge in [-0.3, -0.25) is 9.67 Å². The standard InChI is InChI=1S/C34H31ClN4O3S/c1-18-14-27-22(17-37-39(27)6)15-24(18)25-16-21(11-12-36-25)32-38-26-13-19(2)28(30(33(40)41)42-34(3,4)5)29(31(26)43-32)20-7-9-23(35)10-8-20/h7-17,30H,1-6H3,(H,40,41). The third-order valence-electron chi connectivity index (χ3n) is 7.39. The number of nitrogens with zero attached hydrogens (tertiary/aromatic N) is 4. The number of hydrogen-bond donors (Lipinski definition) is 1. The van der Waals surface area contributed by atoms with Crippen molar-refractivity contribution in [2.24, 2.45) is 7.05 Å². The van der Waals surface area contributed by atoms with Gasteiger partial charge in [0.1, 0.15) is 5.01 Å². The molecule has 0 bridgehead atoms. The molecule has 6 rings (SSSR count). The number of pyridine rings is 1. The molecule has 0 spiro atoms. The lowest BCUT2D eigenvalue weighted by Crippen LogP contribution is -2.28. The first-order valence-corrected chi connectivity index (χ1v) is 15.1. The number of aliphatic carboxylic acids is 1. The van der Waals surface area contributed by atoms with Crippen LogP contribution in [0, 0.1) is 13.8 Å². The van der Waals surface area contributed by atoms with E-state index >= 15 is 0 Å². The molecule has 43 heavy (non-hydrogen) atoms. The number of halogens is 1. The molecule has 0 aliphatic rings. The molecule has 3 aromatic heterocycles. The number of aromatic nitrogens is 4. The van der Waals surface area contributed by atoms with Crippen molar-refractivity contribution in [2.75, 3.05) is 0 Å². The predicted octanol–water partition coefficient (Wildman–Crippen LogP) is 8.79. The Hall–Kier alpha value is -4.11. The molecule has 7 nitrogen and oxygen atoms in total. The highest BCUT2D eigenvalue weighted by molar-refractivity contribution is 7.22. The third-order valence-corrected chi connectivity index (χ3v) is 8.78. The van der Waals surface area contributed by atoms with Crippen LogP contribution < -0.4 is 0 Å². The number of rotatable bonds is 6. The van der Waals surface area contributed by atoms with Crippen LogP contribution in [0.1, 0.15) is 43.6 Å². The van der Waals surface area contributed by atoms with E-state index in [1.54, 1.807) is 6.20 Å². The van der Waals surface area contributed by atoms with Gasteiger partial charge in [0.15, 0.2) is 6.10 Å². The van der Waals surface area contributed by atoms with Gasteiger partial charge in [0.05, 0.1) is 33.2 Å². The number of carbonyl (C=O) groups is 1. The predicted molar refractivity (Wildman–Crippen MR) is 174 cm³/mol. The van der Waals surface area contributed by atoms with Crippen molar-refractivity contribution in [2.45, 2.75) is 46.3 Å². The summed E-state index contributed by atoms with van der Waals surface area (Å²) < 4.78 is 8.90. The quantitative estimate of drug-likeness (QED) is 0.203. The van der Waals surface area contributed by atoms with Gasteiger partial charge in [0.25, 0.3) is 0 Å². The smallest absolute Gasteiger partial charge is 0.337 e. The Morgan fingerprint density at radius 3 is 2.47 bits per heavy atom. The Bertz CT molecular complexity index is 2020. The van der Waals surface area contributed by atoms with Crippen LogP contribution in [0.15, 0.2) is 67.0 Å². The maximum Gasteiger partial charge on any atom is 0.337 e. The molecule has 0 aliphatic carbocycles. The maximum absolute atomic E-state index is 12.6. The zero-order valence-electron chi connectivity index (χ0n) is 24.8. The molecular formula is C34H31ClN4O3S. The molecular weight excluding hydrogens is 580 g/mol. The summed E-state index contributed by atoms with van der Waals surface area (Å²) in [6.45, 7) is 9.57. The van der Waals surface area contributed by atoms with E-state index in [1.807, 2.05) is 82.0 Å². The van der Waals surface area contributed by atoms with Crippen LogP contribution in [0.5, 0.6) is 0 Å². The zero-order chi connectivity index (χ0) is 30.6. The minimum atomic E-state index is -1.17. The molecule has 1 unspecified atom stereocenters. The van der Waals surface area contributed by atoms with Crippen molar-refractivity contribution in [3.63, 3.8) is 0 Å². The van der Waals surface area contributed by atoms with Crippen LogP contribution in [-0.2, 0) is 16.6 Å². The fourth-order valence-corrected chi connectivity index (χ4v) is 6.70. The molecule has 0 fully saturated rings. The second-order valence-electron chi connectivity index (χ2n) is 11.7. The first-order chi connectivity index (χ1) is 20.4. The molecule has 0 amide bonds. The van der Waals surface area contributed by atoms with E-state index in [4.69, 9.17) is 26.3 Å². The number of aryl methyl sites for hydroxylation is 3. The zero-order valence-corrected chi connectivity index (χ0v) is 26.3. The van der Waals surface area contributed by atoms with Crippen LogP contribution in [0.4, 0.5) is 0 Å². The summed E-state index contributed by atoms with van der Waals surface area (Å²) in [5.74, 6) is -1.04. The number of ether oxygens (including phenoxy) is 1. The van der Waals surface area contributed by atoms with E-state index in [0.717, 1.165) is 65.2 Å². The molecule has 0 saturated carbocycles. The van der Waals surface area contributed by atoms with Gasteiger partial charge >= 0.3 is 5.97 Å². The molecule has 6 aromatic rings. The van der Waals surface area contributed by atoms with Gasteiger partial charge in [-0.25, -0.2) is 9.78 Å². The minimum absolute atomic E-state index is 0.601. The van der Waals surface area contributed by atoms with Gasteiger partial charge in [0.2, 0.25) is 0 Å². The number of carboxylic acid groups (broad SMARTS) is 1. The molecule has 0 saturated heterocycles. The first kappa shape index (κ1) is 29.0. The van der Waals surface area contributed by atoms with Gasteiger partial charge in [0, 0.05) is 45.9 Å². The summed E-state index contributed by atoms with van der Waals surface area (Å²) in [6, 6.07) is 17.7. The van der Waals surface area contributed by atoms with Crippen LogP contribution in [0.2, 0.25) is 5.02 Å². The van der Waals surface area contributed by atoms with Crippen molar-refractivity contribution in [1.82, 2.24) is 19.7 Å². The normalized spacial score (nSPS) is 12.7. The molecule has 0 radical (unpaired) electrons. The Morgan fingerprint density at radius 1 is 1.02 bits per heavy atom. The van der Waals surface area contributed by atoms with Gasteiger partial charge < -0.3 is 9.84 Å². The van der Waals surface area contributed by atoms with E-state index < -0.39 is 17.7 Å². The van der Waals surface area contributed by atoms with Crippen LogP contribution in [0.25, 0.3) is 54.1 Å². The Morgan fingerprint density at radius 2 is 1.77 bits per heavy atom. The van der Waals surface area contributed by atoms with Crippen LogP contribution in [0.3, 0.4) is 0 Å². The fourth-order valence-electron chi connectivity index (χ4n) is 5.45. The SMILES string of the molecule is Cc1cc2c(cnn2C)cc1-c1cc(-c2nc3cc(C)c(C(OC(C)(C)C)C(=O)O)c(-c4ccc(Cl)cc4)c3s2)ccn1. The van der Waals surface area contributed by atoms with Crippen LogP contribution in [-0.4, -0.2) is 36.4 Å². The summed E-state index contributed by atoms with van der Waals surface area (Å²) in [7, 11) is 1.94. The fraction of sp³-hybridized carbons (Fsp3) is 0.235. The van der Waals surface area contributed by atoms with Gasteiger partial charge in [-0.15, -0.1) is 11.3 Å². The molecule has 1 atom stereocenters. The number of thiazole rings is 1. The van der Waals surface area contributed by atoms with Crippen molar-refractivity contribution in [1.29, 1.82) is 0 Å². The molecule has 1 N–H and O–H groups in total. The van der Waals surface area contributed by atoms with Crippen molar-refractivity contribution < 1.29 is 14.6 Å². The Balaban J connectivity index is 1.54. The number of fused-ring (bicyclic) bond motifs is 2. The number of benzene rings is 3. The Labute approximate surface area is 258 Å². The Kier molecular flexibility index (Phi) is 7.32.